The van der Waals surface area contributed by atoms with E-state index in [1.165, 1.54) is 4.88 Å². The van der Waals surface area contributed by atoms with Crippen LogP contribution in [-0.2, 0) is 6.42 Å². The summed E-state index contributed by atoms with van der Waals surface area (Å²) in [5, 5.41) is 10.1. The van der Waals surface area contributed by atoms with Crippen LogP contribution in [0.25, 0.3) is 0 Å². The highest BCUT2D eigenvalue weighted by Gasteiger charge is 2.00. The molecule has 0 radical (unpaired) electrons. The quantitative estimate of drug-likeness (QED) is 0.751. The van der Waals surface area contributed by atoms with Crippen LogP contribution in [0.3, 0.4) is 0 Å². The Morgan fingerprint density at radius 3 is 2.91 bits per heavy atom. The minimum absolute atomic E-state index is 0.197. The summed E-state index contributed by atoms with van der Waals surface area (Å²) in [5.41, 5.74) is 0. The highest BCUT2D eigenvalue weighted by Crippen LogP contribution is 2.13. The molecule has 2 nitrogen and oxygen atoms in total. The Bertz CT molecular complexity index is 220. The summed E-state index contributed by atoms with van der Waals surface area (Å²) in [7, 11) is 0. The number of aromatic nitrogens is 1. The van der Waals surface area contributed by atoms with Crippen molar-refractivity contribution in [3.8, 4) is 0 Å². The molecule has 0 saturated carbocycles. The molecule has 0 aromatic carbocycles. The van der Waals surface area contributed by atoms with Crippen molar-refractivity contribution in [2.75, 3.05) is 0 Å². The van der Waals surface area contributed by atoms with Gasteiger partial charge in [-0.3, -0.25) is 0 Å². The van der Waals surface area contributed by atoms with E-state index in [2.05, 4.69) is 4.98 Å². The molecule has 62 valence electrons. The highest BCUT2D eigenvalue weighted by atomic mass is 32.1. The smallest absolute Gasteiger partial charge is 0.0896 e. The van der Waals surface area contributed by atoms with E-state index in [0.717, 1.165) is 17.8 Å². The molecule has 0 aliphatic heterocycles. The van der Waals surface area contributed by atoms with Crippen LogP contribution < -0.4 is 0 Å². The first-order valence-electron chi connectivity index (χ1n) is 3.78. The van der Waals surface area contributed by atoms with Gasteiger partial charge in [0, 0.05) is 11.1 Å². The Morgan fingerprint density at radius 2 is 2.45 bits per heavy atom. The molecule has 0 aliphatic carbocycles. The molecule has 1 aromatic rings. The topological polar surface area (TPSA) is 33.1 Å². The van der Waals surface area contributed by atoms with E-state index in [4.69, 9.17) is 5.11 Å². The first kappa shape index (κ1) is 8.68. The van der Waals surface area contributed by atoms with Gasteiger partial charge in [-0.2, -0.15) is 0 Å². The maximum atomic E-state index is 9.00. The normalized spacial score (nSPS) is 13.4. The fraction of sp³-hybridized carbons (Fsp3) is 0.625. The minimum atomic E-state index is -0.197. The second-order valence-electron chi connectivity index (χ2n) is 2.73. The third-order valence-electron chi connectivity index (χ3n) is 1.48. The van der Waals surface area contributed by atoms with Gasteiger partial charge in [0.25, 0.3) is 0 Å². The summed E-state index contributed by atoms with van der Waals surface area (Å²) >= 11 is 1.71. The maximum absolute atomic E-state index is 9.00. The third kappa shape index (κ3) is 2.99. The van der Waals surface area contributed by atoms with Crippen molar-refractivity contribution in [1.82, 2.24) is 4.98 Å². The molecule has 11 heavy (non-hydrogen) atoms. The predicted octanol–water partition coefficient (Wildman–Crippen LogP) is 1.76. The second kappa shape index (κ2) is 3.83. The average Bonchev–Trinajstić information content (AvgIpc) is 2.31. The van der Waals surface area contributed by atoms with Gasteiger partial charge in [0.05, 0.1) is 11.1 Å². The molecule has 0 bridgehead atoms. The molecule has 0 unspecified atom stereocenters. The van der Waals surface area contributed by atoms with Crippen molar-refractivity contribution in [2.45, 2.75) is 32.8 Å². The van der Waals surface area contributed by atoms with Gasteiger partial charge in [-0.1, -0.05) is 0 Å². The molecule has 1 aromatic heterocycles. The molecular weight excluding hydrogens is 158 g/mol. The zero-order chi connectivity index (χ0) is 8.27. The number of hydrogen-bond donors (Lipinski definition) is 1. The summed E-state index contributed by atoms with van der Waals surface area (Å²) in [6.07, 6.45) is 3.48. The Balaban J connectivity index is 2.39. The van der Waals surface area contributed by atoms with Crippen LogP contribution in [0.1, 0.15) is 23.2 Å². The molecular formula is C8H13NOS. The summed E-state index contributed by atoms with van der Waals surface area (Å²) in [6.45, 7) is 3.81. The van der Waals surface area contributed by atoms with E-state index in [9.17, 15) is 0 Å². The lowest BCUT2D eigenvalue weighted by Crippen LogP contribution is -2.00. The van der Waals surface area contributed by atoms with Crippen molar-refractivity contribution < 1.29 is 5.11 Å². The van der Waals surface area contributed by atoms with E-state index in [1.807, 2.05) is 20.0 Å². The summed E-state index contributed by atoms with van der Waals surface area (Å²) < 4.78 is 0. The highest BCUT2D eigenvalue weighted by molar-refractivity contribution is 7.11. The Hall–Kier alpha value is -0.410. The van der Waals surface area contributed by atoms with Crippen LogP contribution >= 0.6 is 11.3 Å². The van der Waals surface area contributed by atoms with Gasteiger partial charge in [-0.25, -0.2) is 4.98 Å². The first-order valence-corrected chi connectivity index (χ1v) is 4.59. The molecule has 1 rings (SSSR count). The zero-order valence-corrected chi connectivity index (χ0v) is 7.69. The van der Waals surface area contributed by atoms with Crippen molar-refractivity contribution in [1.29, 1.82) is 0 Å². The van der Waals surface area contributed by atoms with Crippen LogP contribution in [0.2, 0.25) is 0 Å². The maximum Gasteiger partial charge on any atom is 0.0896 e. The number of thiazole rings is 1. The van der Waals surface area contributed by atoms with Gasteiger partial charge in [0.15, 0.2) is 0 Å². The number of nitrogens with zero attached hydrogens (tertiary/aromatic N) is 1. The van der Waals surface area contributed by atoms with Gasteiger partial charge >= 0.3 is 0 Å². The monoisotopic (exact) mass is 171 g/mol. The summed E-state index contributed by atoms with van der Waals surface area (Å²) in [5.74, 6) is 0. The average molecular weight is 171 g/mol. The van der Waals surface area contributed by atoms with E-state index >= 15 is 0 Å². The Labute approximate surface area is 70.9 Å². The van der Waals surface area contributed by atoms with Gasteiger partial charge in [0.1, 0.15) is 0 Å². The first-order chi connectivity index (χ1) is 5.18. The van der Waals surface area contributed by atoms with E-state index < -0.39 is 0 Å². The summed E-state index contributed by atoms with van der Waals surface area (Å²) in [6, 6.07) is 0. The Morgan fingerprint density at radius 1 is 1.73 bits per heavy atom. The third-order valence-corrected chi connectivity index (χ3v) is 2.45. The van der Waals surface area contributed by atoms with E-state index in [1.54, 1.807) is 11.3 Å². The van der Waals surface area contributed by atoms with E-state index in [-0.39, 0.29) is 6.10 Å². The number of rotatable bonds is 3. The van der Waals surface area contributed by atoms with Crippen molar-refractivity contribution in [3.05, 3.63) is 16.1 Å². The lowest BCUT2D eigenvalue weighted by Gasteiger charge is -1.99. The number of hydrogen-bond acceptors (Lipinski definition) is 3. The van der Waals surface area contributed by atoms with Crippen LogP contribution in [0.4, 0.5) is 0 Å². The molecule has 1 atom stereocenters. The molecule has 0 saturated heterocycles. The molecule has 1 heterocycles. The second-order valence-corrected chi connectivity index (χ2v) is 4.05. The molecule has 0 amide bonds. The molecule has 3 heteroatoms. The number of aryl methyl sites for hydroxylation is 2. The van der Waals surface area contributed by atoms with Crippen molar-refractivity contribution in [3.63, 3.8) is 0 Å². The van der Waals surface area contributed by atoms with Crippen molar-refractivity contribution >= 4 is 11.3 Å². The number of aliphatic hydroxyl groups excluding tert-OH is 1. The van der Waals surface area contributed by atoms with Gasteiger partial charge in [-0.15, -0.1) is 11.3 Å². The molecule has 1 N–H and O–H groups in total. The lowest BCUT2D eigenvalue weighted by molar-refractivity contribution is 0.185. The van der Waals surface area contributed by atoms with Crippen molar-refractivity contribution in [2.24, 2.45) is 0 Å². The van der Waals surface area contributed by atoms with Crippen LogP contribution in [0.15, 0.2) is 6.20 Å². The SMILES string of the molecule is Cc1ncc(CC[C@@H](C)O)s1. The standard InChI is InChI=1S/C8H13NOS/c1-6(10)3-4-8-5-9-7(2)11-8/h5-6,10H,3-4H2,1-2H3/t6-/m1/s1. The number of aliphatic hydroxyl groups is 1. The fourth-order valence-electron chi connectivity index (χ4n) is 0.872. The van der Waals surface area contributed by atoms with Crippen LogP contribution in [-0.4, -0.2) is 16.2 Å². The van der Waals surface area contributed by atoms with Gasteiger partial charge in [0.2, 0.25) is 0 Å². The largest absolute Gasteiger partial charge is 0.393 e. The zero-order valence-electron chi connectivity index (χ0n) is 6.87. The predicted molar refractivity (Wildman–Crippen MR) is 46.9 cm³/mol. The van der Waals surface area contributed by atoms with Gasteiger partial charge in [-0.05, 0) is 26.7 Å². The fourth-order valence-corrected chi connectivity index (χ4v) is 1.68. The minimum Gasteiger partial charge on any atom is -0.393 e. The van der Waals surface area contributed by atoms with Gasteiger partial charge < -0.3 is 5.11 Å². The molecule has 0 fully saturated rings. The summed E-state index contributed by atoms with van der Waals surface area (Å²) in [4.78, 5) is 5.40. The molecule has 0 aliphatic rings. The molecule has 0 spiro atoms. The van der Waals surface area contributed by atoms with Crippen LogP contribution in [0.5, 0.6) is 0 Å². The van der Waals surface area contributed by atoms with Crippen LogP contribution in [0, 0.1) is 6.92 Å². The lowest BCUT2D eigenvalue weighted by atomic mass is 10.2. The van der Waals surface area contributed by atoms with E-state index in [0.29, 0.717) is 0 Å². The Kier molecular flexibility index (Phi) is 3.02.